The van der Waals surface area contributed by atoms with Gasteiger partial charge in [-0.1, -0.05) is 115 Å². The van der Waals surface area contributed by atoms with Crippen molar-refractivity contribution in [2.45, 2.75) is 136 Å². The molecule has 9 nitrogen and oxygen atoms in total. The predicted molar refractivity (Wildman–Crippen MR) is 179 cm³/mol. The summed E-state index contributed by atoms with van der Waals surface area (Å²) in [6.45, 7) is 5.65. The minimum atomic E-state index is -4.77. The van der Waals surface area contributed by atoms with Gasteiger partial charge in [0, 0.05) is 19.3 Å². The SMILES string of the molecule is CCCCCC(=O)/C=C/C=C\C/C=C\C/C=C\CCCC(=O)OC[C@H](COP(=O)(O)O)OC(=O)CCCCCCCCC(C)C. The van der Waals surface area contributed by atoms with Crippen LogP contribution in [-0.4, -0.2) is 46.8 Å². The van der Waals surface area contributed by atoms with Crippen LogP contribution in [0.3, 0.4) is 0 Å². The van der Waals surface area contributed by atoms with Crippen molar-refractivity contribution in [1.82, 2.24) is 0 Å². The maximum atomic E-state index is 12.2. The first-order valence-electron chi connectivity index (χ1n) is 16.7. The van der Waals surface area contributed by atoms with E-state index in [4.69, 9.17) is 19.3 Å². The lowest BCUT2D eigenvalue weighted by atomic mass is 10.0. The normalized spacial score (nSPS) is 13.1. The van der Waals surface area contributed by atoms with Gasteiger partial charge < -0.3 is 19.3 Å². The number of ether oxygens (including phenoxy) is 2. The Kier molecular flexibility index (Phi) is 27.6. The van der Waals surface area contributed by atoms with Gasteiger partial charge >= 0.3 is 19.8 Å². The molecule has 10 heteroatoms. The molecule has 0 aromatic heterocycles. The average molecular weight is 655 g/mol. The van der Waals surface area contributed by atoms with Crippen molar-refractivity contribution in [3.8, 4) is 0 Å². The fourth-order valence-corrected chi connectivity index (χ4v) is 4.57. The van der Waals surface area contributed by atoms with Crippen LogP contribution in [0.15, 0.2) is 48.6 Å². The number of carbonyl (C=O) groups excluding carboxylic acids is 3. The van der Waals surface area contributed by atoms with Crippen LogP contribution in [0.5, 0.6) is 0 Å². The van der Waals surface area contributed by atoms with Crippen LogP contribution in [0.2, 0.25) is 0 Å². The number of rotatable bonds is 29. The van der Waals surface area contributed by atoms with Crippen molar-refractivity contribution in [2.75, 3.05) is 13.2 Å². The van der Waals surface area contributed by atoms with Crippen LogP contribution in [0.25, 0.3) is 0 Å². The zero-order valence-electron chi connectivity index (χ0n) is 27.9. The summed E-state index contributed by atoms with van der Waals surface area (Å²) in [5.41, 5.74) is 0. The van der Waals surface area contributed by atoms with E-state index in [0.717, 1.165) is 57.3 Å². The number of carbonyl (C=O) groups is 3. The van der Waals surface area contributed by atoms with Crippen molar-refractivity contribution in [3.63, 3.8) is 0 Å². The van der Waals surface area contributed by atoms with Gasteiger partial charge in [-0.05, 0) is 50.5 Å². The third kappa shape index (κ3) is 32.9. The molecule has 1 atom stereocenters. The first kappa shape index (κ1) is 42.7. The Morgan fingerprint density at radius 2 is 1.33 bits per heavy atom. The molecule has 0 fully saturated rings. The minimum Gasteiger partial charge on any atom is -0.462 e. The zero-order valence-corrected chi connectivity index (χ0v) is 28.8. The van der Waals surface area contributed by atoms with E-state index < -0.39 is 32.5 Å². The summed E-state index contributed by atoms with van der Waals surface area (Å²) in [6, 6.07) is 0. The lowest BCUT2D eigenvalue weighted by Gasteiger charge is -2.18. The second-order valence-corrected chi connectivity index (χ2v) is 12.9. The second-order valence-electron chi connectivity index (χ2n) is 11.7. The average Bonchev–Trinajstić information content (AvgIpc) is 2.97. The van der Waals surface area contributed by atoms with Crippen LogP contribution < -0.4 is 0 Å². The summed E-state index contributed by atoms with van der Waals surface area (Å²) >= 11 is 0. The highest BCUT2D eigenvalue weighted by Crippen LogP contribution is 2.35. The molecule has 0 aliphatic heterocycles. The molecule has 0 spiro atoms. The van der Waals surface area contributed by atoms with Gasteiger partial charge in [0.15, 0.2) is 11.9 Å². The highest BCUT2D eigenvalue weighted by atomic mass is 31.2. The summed E-state index contributed by atoms with van der Waals surface area (Å²) in [5, 5.41) is 0. The number of phosphoric ester groups is 1. The van der Waals surface area contributed by atoms with E-state index in [1.165, 1.54) is 19.3 Å². The molecule has 0 amide bonds. The fourth-order valence-electron chi connectivity index (χ4n) is 4.21. The standard InChI is InChI=1S/C35H59O9P/c1-4-5-19-25-32(36)26-21-16-11-9-7-6-8-10-12-17-22-27-34(37)42-29-33(30-43-45(39,40)41)44-35(38)28-23-18-14-13-15-20-24-31(2)3/h6-7,10-12,16,21,26,31,33H,4-5,8-9,13-15,17-20,22-25,27-30H2,1-3H3,(H2,39,40,41)/b7-6-,12-10-,16-11-,26-21+/t33-/m1/s1. The quantitative estimate of drug-likeness (QED) is 0.0203. The molecule has 0 bridgehead atoms. The summed E-state index contributed by atoms with van der Waals surface area (Å²) in [6.07, 6.45) is 28.6. The molecular weight excluding hydrogens is 595 g/mol. The lowest BCUT2D eigenvalue weighted by molar-refractivity contribution is -0.161. The van der Waals surface area contributed by atoms with Gasteiger partial charge in [-0.3, -0.25) is 18.9 Å². The Hall–Kier alpha value is -2.32. The van der Waals surface area contributed by atoms with Gasteiger partial charge in [0.2, 0.25) is 0 Å². The van der Waals surface area contributed by atoms with Crippen LogP contribution in [0.4, 0.5) is 0 Å². The van der Waals surface area contributed by atoms with E-state index in [1.807, 2.05) is 36.5 Å². The smallest absolute Gasteiger partial charge is 0.462 e. The summed E-state index contributed by atoms with van der Waals surface area (Å²) in [7, 11) is -4.77. The molecule has 0 radical (unpaired) electrons. The summed E-state index contributed by atoms with van der Waals surface area (Å²) in [5.74, 6) is -0.114. The molecule has 45 heavy (non-hydrogen) atoms. The Morgan fingerprint density at radius 1 is 0.711 bits per heavy atom. The molecule has 0 saturated heterocycles. The van der Waals surface area contributed by atoms with Gasteiger partial charge in [-0.15, -0.1) is 0 Å². The van der Waals surface area contributed by atoms with Gasteiger partial charge in [0.05, 0.1) is 6.61 Å². The second kappa shape index (κ2) is 29.1. The first-order valence-corrected chi connectivity index (χ1v) is 18.3. The van der Waals surface area contributed by atoms with Crippen LogP contribution >= 0.6 is 7.82 Å². The van der Waals surface area contributed by atoms with E-state index in [2.05, 4.69) is 25.3 Å². The third-order valence-electron chi connectivity index (χ3n) is 6.75. The summed E-state index contributed by atoms with van der Waals surface area (Å²) < 4.78 is 26.1. The minimum absolute atomic E-state index is 0.163. The van der Waals surface area contributed by atoms with E-state index in [-0.39, 0.29) is 25.2 Å². The molecule has 0 aliphatic rings. The predicted octanol–water partition coefficient (Wildman–Crippen LogP) is 8.65. The largest absolute Gasteiger partial charge is 0.469 e. The van der Waals surface area contributed by atoms with Crippen LogP contribution in [0.1, 0.15) is 130 Å². The van der Waals surface area contributed by atoms with Crippen molar-refractivity contribution in [1.29, 1.82) is 0 Å². The van der Waals surface area contributed by atoms with Crippen molar-refractivity contribution in [2.24, 2.45) is 5.92 Å². The highest BCUT2D eigenvalue weighted by Gasteiger charge is 2.22. The van der Waals surface area contributed by atoms with E-state index in [9.17, 15) is 18.9 Å². The molecule has 0 aliphatic carbocycles. The van der Waals surface area contributed by atoms with E-state index in [1.54, 1.807) is 12.2 Å². The third-order valence-corrected chi connectivity index (χ3v) is 7.24. The number of hydrogen-bond acceptors (Lipinski definition) is 7. The molecule has 0 heterocycles. The van der Waals surface area contributed by atoms with Gasteiger partial charge in [0.1, 0.15) is 6.61 Å². The van der Waals surface area contributed by atoms with Crippen LogP contribution in [-0.2, 0) is 32.9 Å². The Morgan fingerprint density at radius 3 is 2.02 bits per heavy atom. The monoisotopic (exact) mass is 654 g/mol. The number of unbranched alkanes of at least 4 members (excludes halogenated alkanes) is 8. The molecule has 0 unspecified atom stereocenters. The molecular formula is C35H59O9P. The first-order chi connectivity index (χ1) is 21.5. The number of phosphoric acid groups is 1. The molecule has 0 aromatic carbocycles. The number of ketones is 1. The van der Waals surface area contributed by atoms with Crippen molar-refractivity contribution < 1.29 is 42.7 Å². The molecule has 2 N–H and O–H groups in total. The Balaban J connectivity index is 4.17. The molecule has 0 aromatic rings. The van der Waals surface area contributed by atoms with Gasteiger partial charge in [0.25, 0.3) is 0 Å². The summed E-state index contributed by atoms with van der Waals surface area (Å²) in [4.78, 5) is 54.1. The topological polar surface area (TPSA) is 136 Å². The fraction of sp³-hybridized carbons (Fsp3) is 0.686. The van der Waals surface area contributed by atoms with Crippen LogP contribution in [0, 0.1) is 5.92 Å². The number of hydrogen-bond donors (Lipinski definition) is 2. The van der Waals surface area contributed by atoms with E-state index in [0.29, 0.717) is 25.7 Å². The van der Waals surface area contributed by atoms with Crippen molar-refractivity contribution in [3.05, 3.63) is 48.6 Å². The highest BCUT2D eigenvalue weighted by molar-refractivity contribution is 7.46. The Labute approximate surface area is 271 Å². The van der Waals surface area contributed by atoms with E-state index >= 15 is 0 Å². The molecule has 258 valence electrons. The Bertz CT molecular complexity index is 947. The van der Waals surface area contributed by atoms with Crippen molar-refractivity contribution >= 4 is 25.5 Å². The number of allylic oxidation sites excluding steroid dienone is 8. The molecule has 0 rings (SSSR count). The molecule has 0 saturated carbocycles. The van der Waals surface area contributed by atoms with Gasteiger partial charge in [-0.2, -0.15) is 0 Å². The maximum absolute atomic E-state index is 12.2. The van der Waals surface area contributed by atoms with Gasteiger partial charge in [-0.25, -0.2) is 4.57 Å². The lowest BCUT2D eigenvalue weighted by Crippen LogP contribution is -2.29. The number of esters is 2. The zero-order chi connectivity index (χ0) is 33.6. The maximum Gasteiger partial charge on any atom is 0.469 e.